The number of benzene rings is 2. The van der Waals surface area contributed by atoms with Gasteiger partial charge in [-0.25, -0.2) is 0 Å². The second kappa shape index (κ2) is 6.19. The summed E-state index contributed by atoms with van der Waals surface area (Å²) < 4.78 is 8.44. The van der Waals surface area contributed by atoms with Crippen molar-refractivity contribution in [3.63, 3.8) is 0 Å². The molecule has 0 aliphatic heterocycles. The predicted molar refractivity (Wildman–Crippen MR) is 84.8 cm³/mol. The van der Waals surface area contributed by atoms with Crippen molar-refractivity contribution >= 4 is 11.6 Å². The summed E-state index contributed by atoms with van der Waals surface area (Å²) in [5, 5.41) is 0. The van der Waals surface area contributed by atoms with Crippen LogP contribution in [0.5, 0.6) is 0 Å². The molecule has 0 unspecified atom stereocenters. The molecule has 0 aliphatic rings. The molecule has 0 N–H and O–H groups in total. The van der Waals surface area contributed by atoms with E-state index >= 15 is 0 Å². The van der Waals surface area contributed by atoms with Crippen molar-refractivity contribution in [1.29, 1.82) is 0 Å². The van der Waals surface area contributed by atoms with Gasteiger partial charge in [-0.3, -0.25) is 0 Å². The van der Waals surface area contributed by atoms with Gasteiger partial charge in [0.2, 0.25) is 0 Å². The Kier molecular flexibility index (Phi) is 3.91. The number of hydrogen-bond acceptors (Lipinski definition) is 0. The highest BCUT2D eigenvalue weighted by molar-refractivity contribution is 5.85. The molecule has 2 aromatic rings. The highest BCUT2D eigenvalue weighted by Crippen LogP contribution is 2.27. The fourth-order valence-electron chi connectivity index (χ4n) is 2.29. The minimum absolute atomic E-state index is 0.589. The zero-order chi connectivity index (χ0) is 14.5. The van der Waals surface area contributed by atoms with Gasteiger partial charge in [0.05, 0.1) is 1.37 Å². The first-order valence-corrected chi connectivity index (χ1v) is 6.57. The van der Waals surface area contributed by atoms with Gasteiger partial charge in [0.15, 0.2) is 0 Å². The topological polar surface area (TPSA) is 0 Å². The van der Waals surface area contributed by atoms with E-state index in [1.807, 2.05) is 55.5 Å². The van der Waals surface area contributed by atoms with E-state index in [1.54, 1.807) is 0 Å². The van der Waals surface area contributed by atoms with Crippen molar-refractivity contribution in [2.45, 2.75) is 20.8 Å². The first kappa shape index (κ1) is 12.0. The van der Waals surface area contributed by atoms with Gasteiger partial charge in [-0.15, -0.1) is 0 Å². The lowest BCUT2D eigenvalue weighted by Gasteiger charge is -2.11. The number of hydrogen-bond donors (Lipinski definition) is 0. The van der Waals surface area contributed by atoms with Crippen molar-refractivity contribution in [2.24, 2.45) is 0 Å². The van der Waals surface area contributed by atoms with E-state index in [1.165, 1.54) is 16.7 Å². The maximum Gasteiger partial charge on any atom is 0.0632 e. The number of rotatable bonds is 3. The normalized spacial score (nSPS) is 12.5. The van der Waals surface area contributed by atoms with Crippen LogP contribution in [0.3, 0.4) is 0 Å². The molecule has 0 amide bonds. The van der Waals surface area contributed by atoms with Crippen molar-refractivity contribution in [3.8, 4) is 0 Å². The molecule has 0 saturated heterocycles. The maximum absolute atomic E-state index is 8.44. The highest BCUT2D eigenvalue weighted by Gasteiger charge is 2.05. The van der Waals surface area contributed by atoms with Gasteiger partial charge >= 0.3 is 0 Å². The molecule has 0 aliphatic carbocycles. The summed E-state index contributed by atoms with van der Waals surface area (Å²) in [5.41, 5.74) is 5.54. The van der Waals surface area contributed by atoms with E-state index in [-0.39, 0.29) is 0 Å². The molecule has 0 spiro atoms. The Bertz CT molecular complexity index is 630. The molecule has 0 saturated carbocycles. The lowest BCUT2D eigenvalue weighted by Crippen LogP contribution is -1.89. The summed E-state index contributed by atoms with van der Waals surface area (Å²) in [7, 11) is 0. The minimum Gasteiger partial charge on any atom is -0.0683 e. The first-order valence-electron chi connectivity index (χ1n) is 7.07. The van der Waals surface area contributed by atoms with Crippen LogP contribution in [0.25, 0.3) is 11.6 Å². The fourth-order valence-corrected chi connectivity index (χ4v) is 2.29. The Balaban J connectivity index is 2.54. The summed E-state index contributed by atoms with van der Waals surface area (Å²) in [6.45, 7) is 6.24. The molecule has 2 aromatic carbocycles. The van der Waals surface area contributed by atoms with Crippen LogP contribution in [-0.4, -0.2) is 0 Å². The Morgan fingerprint density at radius 3 is 1.89 bits per heavy atom. The quantitative estimate of drug-likeness (QED) is 0.622. The average Bonchev–Trinajstić information content (AvgIpc) is 2.48. The zero-order valence-corrected chi connectivity index (χ0v) is 11.8. The van der Waals surface area contributed by atoms with Crippen LogP contribution in [0.15, 0.2) is 71.8 Å². The summed E-state index contributed by atoms with van der Waals surface area (Å²) in [6, 6.07) is 20.8. The standard InChI is InChI=1S/C19H20/c1-15(2)19(18-12-8-5-9-13-18)16(3)14-17-10-6-4-7-11-17/h4-14H,1-3H3/b16-14+/i14D. The molecule has 0 heterocycles. The summed E-state index contributed by atoms with van der Waals surface area (Å²) in [6.07, 6.45) is 0. The van der Waals surface area contributed by atoms with Crippen LogP contribution in [0, 0.1) is 0 Å². The lowest BCUT2D eigenvalue weighted by atomic mass is 9.93. The molecule has 0 heteroatoms. The molecule has 96 valence electrons. The van der Waals surface area contributed by atoms with Crippen molar-refractivity contribution < 1.29 is 1.37 Å². The van der Waals surface area contributed by atoms with E-state index in [0.717, 1.165) is 11.1 Å². The monoisotopic (exact) mass is 249 g/mol. The largest absolute Gasteiger partial charge is 0.0683 e. The van der Waals surface area contributed by atoms with Gasteiger partial charge in [0.25, 0.3) is 0 Å². The molecular weight excluding hydrogens is 228 g/mol. The van der Waals surface area contributed by atoms with Crippen LogP contribution >= 0.6 is 0 Å². The lowest BCUT2D eigenvalue weighted by molar-refractivity contribution is 1.36. The molecular formula is C19H20. The van der Waals surface area contributed by atoms with Crippen molar-refractivity contribution in [1.82, 2.24) is 0 Å². The molecule has 0 aromatic heterocycles. The third kappa shape index (κ3) is 3.45. The van der Waals surface area contributed by atoms with Crippen LogP contribution < -0.4 is 0 Å². The third-order valence-corrected chi connectivity index (χ3v) is 3.04. The zero-order valence-electron chi connectivity index (χ0n) is 12.8. The molecule has 0 nitrogen and oxygen atoms in total. The van der Waals surface area contributed by atoms with Gasteiger partial charge in [-0.2, -0.15) is 0 Å². The van der Waals surface area contributed by atoms with Gasteiger partial charge < -0.3 is 0 Å². The van der Waals surface area contributed by atoms with E-state index in [0.29, 0.717) is 6.05 Å². The second-order valence-electron chi connectivity index (χ2n) is 4.86. The van der Waals surface area contributed by atoms with Crippen molar-refractivity contribution in [3.05, 3.63) is 82.9 Å². The van der Waals surface area contributed by atoms with E-state index in [9.17, 15) is 0 Å². The molecule has 0 bridgehead atoms. The molecule has 19 heavy (non-hydrogen) atoms. The Morgan fingerprint density at radius 1 is 0.842 bits per heavy atom. The highest BCUT2D eigenvalue weighted by atomic mass is 14.1. The smallest absolute Gasteiger partial charge is 0.0632 e. The van der Waals surface area contributed by atoms with Crippen LogP contribution in [0.1, 0.15) is 33.3 Å². The molecule has 2 rings (SSSR count). The van der Waals surface area contributed by atoms with Gasteiger partial charge in [0.1, 0.15) is 0 Å². The van der Waals surface area contributed by atoms with E-state index in [2.05, 4.69) is 26.0 Å². The fraction of sp³-hybridized carbons (Fsp3) is 0.158. The summed E-state index contributed by atoms with van der Waals surface area (Å²) in [4.78, 5) is 0. The van der Waals surface area contributed by atoms with Crippen LogP contribution in [-0.2, 0) is 0 Å². The van der Waals surface area contributed by atoms with E-state index in [4.69, 9.17) is 1.37 Å². The van der Waals surface area contributed by atoms with Crippen LogP contribution in [0.2, 0.25) is 0 Å². The third-order valence-electron chi connectivity index (χ3n) is 3.04. The summed E-state index contributed by atoms with van der Waals surface area (Å²) in [5.74, 6) is 0. The Labute approximate surface area is 117 Å². The van der Waals surface area contributed by atoms with Gasteiger partial charge in [0, 0.05) is 0 Å². The number of allylic oxidation sites excluding steroid dienone is 3. The maximum atomic E-state index is 8.44. The Hall–Kier alpha value is -2.08. The SMILES string of the molecule is [2H]/C(=C(/C)C(=C(C)C)c1ccccc1)c1ccccc1. The second-order valence-corrected chi connectivity index (χ2v) is 4.86. The van der Waals surface area contributed by atoms with Crippen LogP contribution in [0.4, 0.5) is 0 Å². The molecule has 0 atom stereocenters. The predicted octanol–water partition coefficient (Wildman–Crippen LogP) is 5.58. The average molecular weight is 249 g/mol. The molecule has 0 radical (unpaired) electrons. The Morgan fingerprint density at radius 2 is 1.37 bits per heavy atom. The first-order chi connectivity index (χ1) is 9.61. The summed E-state index contributed by atoms with van der Waals surface area (Å²) >= 11 is 0. The van der Waals surface area contributed by atoms with E-state index < -0.39 is 0 Å². The molecule has 0 fully saturated rings. The van der Waals surface area contributed by atoms with Gasteiger partial charge in [-0.1, -0.05) is 72.3 Å². The van der Waals surface area contributed by atoms with Crippen molar-refractivity contribution in [2.75, 3.05) is 0 Å². The minimum atomic E-state index is 0.589. The van der Waals surface area contributed by atoms with Gasteiger partial charge in [-0.05, 0) is 43.0 Å².